The molecule has 0 saturated carbocycles. The number of aromatic nitrogens is 2. The van der Waals surface area contributed by atoms with Crippen molar-refractivity contribution in [3.63, 3.8) is 0 Å². The Morgan fingerprint density at radius 1 is 1.55 bits per heavy atom. The van der Waals surface area contributed by atoms with Crippen LogP contribution < -0.4 is 11.1 Å². The molecule has 4 N–H and O–H groups in total. The van der Waals surface area contributed by atoms with Crippen LogP contribution in [0.5, 0.6) is 0 Å². The SMILES string of the molecule is Cc1nnsc1C(=O)NCc1cccc(C(N)=NO)c1. The van der Waals surface area contributed by atoms with Gasteiger partial charge in [0.25, 0.3) is 5.91 Å². The Bertz CT molecular complexity index is 653. The summed E-state index contributed by atoms with van der Waals surface area (Å²) in [7, 11) is 0. The van der Waals surface area contributed by atoms with E-state index in [1.165, 1.54) is 0 Å². The number of carbonyl (C=O) groups is 1. The van der Waals surface area contributed by atoms with Gasteiger partial charge in [-0.3, -0.25) is 4.79 Å². The third-order valence-electron chi connectivity index (χ3n) is 2.64. The molecule has 2 aromatic rings. The van der Waals surface area contributed by atoms with E-state index in [-0.39, 0.29) is 11.7 Å². The van der Waals surface area contributed by atoms with Crippen molar-refractivity contribution in [1.82, 2.24) is 14.9 Å². The molecule has 0 fully saturated rings. The van der Waals surface area contributed by atoms with Crippen LogP contribution in [0.2, 0.25) is 0 Å². The predicted molar refractivity (Wildman–Crippen MR) is 74.8 cm³/mol. The number of hydrogen-bond donors (Lipinski definition) is 3. The molecule has 1 amide bonds. The smallest absolute Gasteiger partial charge is 0.265 e. The summed E-state index contributed by atoms with van der Waals surface area (Å²) in [5, 5.41) is 18.1. The Morgan fingerprint density at radius 2 is 2.35 bits per heavy atom. The van der Waals surface area contributed by atoms with Crippen LogP contribution in [0.1, 0.15) is 26.5 Å². The first-order valence-corrected chi connectivity index (χ1v) is 6.53. The number of hydrogen-bond acceptors (Lipinski definition) is 6. The number of amides is 1. The first-order valence-electron chi connectivity index (χ1n) is 5.76. The Kier molecular flexibility index (Phi) is 4.26. The minimum atomic E-state index is -0.216. The number of amidine groups is 1. The topological polar surface area (TPSA) is 113 Å². The second kappa shape index (κ2) is 6.11. The van der Waals surface area contributed by atoms with Gasteiger partial charge >= 0.3 is 0 Å². The van der Waals surface area contributed by atoms with Crippen LogP contribution in [0.4, 0.5) is 0 Å². The number of benzene rings is 1. The van der Waals surface area contributed by atoms with Gasteiger partial charge in [0.2, 0.25) is 0 Å². The summed E-state index contributed by atoms with van der Waals surface area (Å²) >= 11 is 1.06. The summed E-state index contributed by atoms with van der Waals surface area (Å²) in [4.78, 5) is 12.4. The Balaban J connectivity index is 2.05. The van der Waals surface area contributed by atoms with E-state index in [0.29, 0.717) is 22.7 Å². The van der Waals surface area contributed by atoms with Gasteiger partial charge in [-0.05, 0) is 30.1 Å². The largest absolute Gasteiger partial charge is 0.409 e. The highest BCUT2D eigenvalue weighted by Gasteiger charge is 2.12. The number of nitrogens with one attached hydrogen (secondary N) is 1. The number of carbonyl (C=O) groups excluding carboxylic acids is 1. The summed E-state index contributed by atoms with van der Waals surface area (Å²) in [5.74, 6) is -0.188. The van der Waals surface area contributed by atoms with E-state index in [0.717, 1.165) is 17.1 Å². The fourth-order valence-electron chi connectivity index (χ4n) is 1.60. The van der Waals surface area contributed by atoms with Gasteiger partial charge in [0.15, 0.2) is 5.84 Å². The third-order valence-corrected chi connectivity index (χ3v) is 3.47. The normalized spacial score (nSPS) is 11.3. The van der Waals surface area contributed by atoms with E-state index in [1.54, 1.807) is 25.1 Å². The van der Waals surface area contributed by atoms with Crippen LogP contribution in [0.3, 0.4) is 0 Å². The van der Waals surface area contributed by atoms with E-state index in [2.05, 4.69) is 20.1 Å². The Morgan fingerprint density at radius 3 is 3.00 bits per heavy atom. The third kappa shape index (κ3) is 3.09. The molecule has 1 aromatic heterocycles. The highest BCUT2D eigenvalue weighted by molar-refractivity contribution is 7.07. The number of oxime groups is 1. The first kappa shape index (κ1) is 13.9. The molecule has 0 unspecified atom stereocenters. The van der Waals surface area contributed by atoms with Gasteiger partial charge in [0, 0.05) is 12.1 Å². The summed E-state index contributed by atoms with van der Waals surface area (Å²) in [6.45, 7) is 2.07. The van der Waals surface area contributed by atoms with Crippen molar-refractivity contribution in [2.45, 2.75) is 13.5 Å². The molecule has 0 spiro atoms. The Hall–Kier alpha value is -2.48. The average Bonchev–Trinajstić information content (AvgIpc) is 2.90. The van der Waals surface area contributed by atoms with E-state index >= 15 is 0 Å². The van der Waals surface area contributed by atoms with Crippen LogP contribution in [-0.2, 0) is 6.54 Å². The number of nitrogens with zero attached hydrogens (tertiary/aromatic N) is 3. The van der Waals surface area contributed by atoms with Crippen LogP contribution >= 0.6 is 11.5 Å². The maximum atomic E-state index is 11.9. The average molecular weight is 291 g/mol. The molecule has 0 saturated heterocycles. The van der Waals surface area contributed by atoms with Crippen LogP contribution in [0.25, 0.3) is 0 Å². The molecular formula is C12H13N5O2S. The van der Waals surface area contributed by atoms with Crippen molar-refractivity contribution in [3.8, 4) is 0 Å². The maximum Gasteiger partial charge on any atom is 0.265 e. The summed E-state index contributed by atoms with van der Waals surface area (Å²) in [6, 6.07) is 7.07. The van der Waals surface area contributed by atoms with Crippen LogP contribution in [0, 0.1) is 6.92 Å². The van der Waals surface area contributed by atoms with E-state index < -0.39 is 0 Å². The quantitative estimate of drug-likeness (QED) is 0.335. The molecule has 0 radical (unpaired) electrons. The van der Waals surface area contributed by atoms with Crippen LogP contribution in [0.15, 0.2) is 29.4 Å². The van der Waals surface area contributed by atoms with E-state index in [1.807, 2.05) is 6.07 Å². The van der Waals surface area contributed by atoms with Crippen LogP contribution in [-0.4, -0.2) is 26.5 Å². The Labute approximate surface area is 119 Å². The second-order valence-corrected chi connectivity index (χ2v) is 4.81. The highest BCUT2D eigenvalue weighted by atomic mass is 32.1. The van der Waals surface area contributed by atoms with Crippen molar-refractivity contribution in [3.05, 3.63) is 46.0 Å². The van der Waals surface area contributed by atoms with Gasteiger partial charge < -0.3 is 16.3 Å². The fraction of sp³-hybridized carbons (Fsp3) is 0.167. The molecular weight excluding hydrogens is 278 g/mol. The van der Waals surface area contributed by atoms with Crippen molar-refractivity contribution in [2.24, 2.45) is 10.9 Å². The maximum absolute atomic E-state index is 11.9. The summed E-state index contributed by atoms with van der Waals surface area (Å²) in [5.41, 5.74) is 7.56. The molecule has 8 heteroatoms. The van der Waals surface area contributed by atoms with E-state index in [9.17, 15) is 4.79 Å². The standard InChI is InChI=1S/C12H13N5O2S/c1-7-10(20-17-15-7)12(18)14-6-8-3-2-4-9(5-8)11(13)16-19/h2-5,19H,6H2,1H3,(H2,13,16)(H,14,18). The molecule has 0 atom stereocenters. The van der Waals surface area contributed by atoms with Gasteiger partial charge in [-0.25, -0.2) is 0 Å². The molecule has 104 valence electrons. The van der Waals surface area contributed by atoms with Gasteiger partial charge in [-0.2, -0.15) is 0 Å². The summed E-state index contributed by atoms with van der Waals surface area (Å²) < 4.78 is 3.72. The number of nitrogens with two attached hydrogens (primary N) is 1. The minimum absolute atomic E-state index is 0.0284. The monoisotopic (exact) mass is 291 g/mol. The molecule has 0 aliphatic rings. The minimum Gasteiger partial charge on any atom is -0.409 e. The lowest BCUT2D eigenvalue weighted by Gasteiger charge is -2.06. The van der Waals surface area contributed by atoms with Crippen molar-refractivity contribution >= 4 is 23.3 Å². The van der Waals surface area contributed by atoms with Gasteiger partial charge in [0.1, 0.15) is 4.88 Å². The molecule has 20 heavy (non-hydrogen) atoms. The summed E-state index contributed by atoms with van der Waals surface area (Å²) in [6.07, 6.45) is 0. The van der Waals surface area contributed by atoms with Crippen molar-refractivity contribution in [1.29, 1.82) is 0 Å². The van der Waals surface area contributed by atoms with Crippen molar-refractivity contribution < 1.29 is 10.0 Å². The molecule has 2 rings (SSSR count). The zero-order valence-electron chi connectivity index (χ0n) is 10.7. The zero-order valence-corrected chi connectivity index (χ0v) is 11.5. The lowest BCUT2D eigenvalue weighted by Crippen LogP contribution is -2.23. The molecule has 7 nitrogen and oxygen atoms in total. The molecule has 0 aliphatic carbocycles. The number of rotatable bonds is 4. The fourth-order valence-corrected chi connectivity index (χ4v) is 2.17. The molecule has 0 aliphatic heterocycles. The molecule has 1 heterocycles. The number of aryl methyl sites for hydroxylation is 1. The second-order valence-electron chi connectivity index (χ2n) is 4.06. The van der Waals surface area contributed by atoms with E-state index in [4.69, 9.17) is 10.9 Å². The predicted octanol–water partition coefficient (Wildman–Crippen LogP) is 0.871. The first-order chi connectivity index (χ1) is 9.61. The lowest BCUT2D eigenvalue weighted by atomic mass is 10.1. The van der Waals surface area contributed by atoms with Gasteiger partial charge in [-0.15, -0.1) is 5.10 Å². The van der Waals surface area contributed by atoms with Crippen molar-refractivity contribution in [2.75, 3.05) is 0 Å². The highest BCUT2D eigenvalue weighted by Crippen LogP contribution is 2.10. The van der Waals surface area contributed by atoms with Gasteiger partial charge in [-0.1, -0.05) is 27.8 Å². The molecule has 0 bridgehead atoms. The van der Waals surface area contributed by atoms with Gasteiger partial charge in [0.05, 0.1) is 5.69 Å². The zero-order chi connectivity index (χ0) is 14.5. The molecule has 1 aromatic carbocycles. The lowest BCUT2D eigenvalue weighted by molar-refractivity contribution is 0.0954.